The summed E-state index contributed by atoms with van der Waals surface area (Å²) in [5, 5.41) is 17.8. The van der Waals surface area contributed by atoms with E-state index in [0.717, 1.165) is 16.7 Å². The van der Waals surface area contributed by atoms with Crippen molar-refractivity contribution in [3.05, 3.63) is 48.5 Å². The predicted octanol–water partition coefficient (Wildman–Crippen LogP) is 2.37. The highest BCUT2D eigenvalue weighted by molar-refractivity contribution is 5.89. The molecule has 24 heavy (non-hydrogen) atoms. The number of benzene rings is 2. The van der Waals surface area contributed by atoms with Crippen molar-refractivity contribution in [2.45, 2.75) is 6.92 Å². The van der Waals surface area contributed by atoms with Crippen LogP contribution in [0.1, 0.15) is 6.92 Å². The van der Waals surface area contributed by atoms with Gasteiger partial charge in [-0.15, -0.1) is 5.10 Å². The third-order valence-corrected chi connectivity index (χ3v) is 3.47. The molecule has 2 N–H and O–H groups in total. The van der Waals surface area contributed by atoms with Crippen molar-refractivity contribution >= 4 is 39.8 Å². The molecule has 4 aromatic rings. The molecular weight excluding hydrogens is 306 g/mol. The quantitative estimate of drug-likeness (QED) is 0.602. The Morgan fingerprint density at radius 2 is 1.92 bits per heavy atom. The number of hydrogen-bond acceptors (Lipinski definition) is 6. The standard InChI is InChI=1S/C16H13N7O/c1-10(24)17-11-5-4-6-12(9-11)18-15-16-20-21-22-23(16)14-8-3-2-7-13(14)19-15/h2-9H,1H3,(H,17,24)(H,18,19). The second-order valence-electron chi connectivity index (χ2n) is 5.25. The lowest BCUT2D eigenvalue weighted by molar-refractivity contribution is -0.114. The summed E-state index contributed by atoms with van der Waals surface area (Å²) >= 11 is 0. The van der Waals surface area contributed by atoms with Crippen molar-refractivity contribution in [1.29, 1.82) is 0 Å². The maximum Gasteiger partial charge on any atom is 0.222 e. The van der Waals surface area contributed by atoms with Crippen molar-refractivity contribution in [3.8, 4) is 0 Å². The largest absolute Gasteiger partial charge is 0.337 e. The molecule has 8 heteroatoms. The lowest BCUT2D eigenvalue weighted by Crippen LogP contribution is -2.06. The molecule has 1 amide bonds. The molecule has 0 spiro atoms. The van der Waals surface area contributed by atoms with Gasteiger partial charge in [-0.2, -0.15) is 4.52 Å². The van der Waals surface area contributed by atoms with Gasteiger partial charge < -0.3 is 10.6 Å². The predicted molar refractivity (Wildman–Crippen MR) is 90.1 cm³/mol. The number of hydrogen-bond donors (Lipinski definition) is 2. The normalized spacial score (nSPS) is 10.9. The van der Waals surface area contributed by atoms with Gasteiger partial charge in [0.2, 0.25) is 11.6 Å². The Morgan fingerprint density at radius 1 is 1.08 bits per heavy atom. The minimum atomic E-state index is -0.125. The molecule has 0 fully saturated rings. The van der Waals surface area contributed by atoms with Gasteiger partial charge in [0.05, 0.1) is 11.0 Å². The number of amides is 1. The summed E-state index contributed by atoms with van der Waals surface area (Å²) in [4.78, 5) is 15.8. The first kappa shape index (κ1) is 14.1. The average molecular weight is 319 g/mol. The molecule has 2 aromatic carbocycles. The van der Waals surface area contributed by atoms with Gasteiger partial charge in [0.25, 0.3) is 0 Å². The number of rotatable bonds is 3. The number of para-hydroxylation sites is 2. The molecule has 0 saturated carbocycles. The van der Waals surface area contributed by atoms with Crippen LogP contribution >= 0.6 is 0 Å². The zero-order valence-electron chi connectivity index (χ0n) is 12.8. The van der Waals surface area contributed by atoms with Crippen molar-refractivity contribution in [2.24, 2.45) is 0 Å². The monoisotopic (exact) mass is 319 g/mol. The second kappa shape index (κ2) is 5.58. The number of fused-ring (bicyclic) bond motifs is 3. The third kappa shape index (κ3) is 2.50. The van der Waals surface area contributed by atoms with Crippen molar-refractivity contribution in [1.82, 2.24) is 25.0 Å². The summed E-state index contributed by atoms with van der Waals surface area (Å²) in [7, 11) is 0. The summed E-state index contributed by atoms with van der Waals surface area (Å²) in [6.07, 6.45) is 0. The number of nitrogens with zero attached hydrogens (tertiary/aromatic N) is 5. The average Bonchev–Trinajstić information content (AvgIpc) is 3.05. The molecule has 2 aromatic heterocycles. The van der Waals surface area contributed by atoms with E-state index in [1.54, 1.807) is 4.52 Å². The number of nitrogens with one attached hydrogen (secondary N) is 2. The lowest BCUT2D eigenvalue weighted by Gasteiger charge is -2.09. The number of aromatic nitrogens is 5. The van der Waals surface area contributed by atoms with E-state index in [0.29, 0.717) is 17.2 Å². The molecule has 0 radical (unpaired) electrons. The summed E-state index contributed by atoms with van der Waals surface area (Å²) < 4.78 is 1.64. The Bertz CT molecular complexity index is 1060. The van der Waals surface area contributed by atoms with Gasteiger partial charge in [0.1, 0.15) is 0 Å². The van der Waals surface area contributed by atoms with Gasteiger partial charge in [-0.1, -0.05) is 18.2 Å². The Hall–Kier alpha value is -3.55. The molecular formula is C16H13N7O. The van der Waals surface area contributed by atoms with Crippen LogP contribution in [-0.2, 0) is 4.79 Å². The summed E-state index contributed by atoms with van der Waals surface area (Å²) in [5.41, 5.74) is 3.60. The molecule has 0 aliphatic rings. The number of carbonyl (C=O) groups excluding carboxylic acids is 1. The first-order valence-corrected chi connectivity index (χ1v) is 7.32. The summed E-state index contributed by atoms with van der Waals surface area (Å²) in [6.45, 7) is 1.47. The highest BCUT2D eigenvalue weighted by atomic mass is 16.1. The highest BCUT2D eigenvalue weighted by Gasteiger charge is 2.11. The molecule has 0 unspecified atom stereocenters. The van der Waals surface area contributed by atoms with Gasteiger partial charge in [-0.25, -0.2) is 4.98 Å². The maximum absolute atomic E-state index is 11.2. The topological polar surface area (TPSA) is 97.1 Å². The SMILES string of the molecule is CC(=O)Nc1cccc(Nc2nc3ccccc3n3nnnc23)c1. The van der Waals surface area contributed by atoms with Crippen LogP contribution in [0.2, 0.25) is 0 Å². The molecule has 2 heterocycles. The Kier molecular flexibility index (Phi) is 3.27. The minimum absolute atomic E-state index is 0.125. The van der Waals surface area contributed by atoms with Gasteiger partial charge in [0, 0.05) is 18.3 Å². The van der Waals surface area contributed by atoms with Crippen LogP contribution in [0.25, 0.3) is 16.7 Å². The van der Waals surface area contributed by atoms with Crippen LogP contribution in [0.15, 0.2) is 48.5 Å². The summed E-state index contributed by atoms with van der Waals surface area (Å²) in [5.74, 6) is 0.415. The fourth-order valence-corrected chi connectivity index (χ4v) is 2.50. The van der Waals surface area contributed by atoms with Gasteiger partial charge in [-0.05, 0) is 40.8 Å². The van der Waals surface area contributed by atoms with E-state index >= 15 is 0 Å². The first-order valence-electron chi connectivity index (χ1n) is 7.32. The third-order valence-electron chi connectivity index (χ3n) is 3.47. The van der Waals surface area contributed by atoms with Crippen LogP contribution in [0.3, 0.4) is 0 Å². The van der Waals surface area contributed by atoms with Gasteiger partial charge in [-0.3, -0.25) is 4.79 Å². The van der Waals surface area contributed by atoms with E-state index in [4.69, 9.17) is 0 Å². The highest BCUT2D eigenvalue weighted by Crippen LogP contribution is 2.24. The van der Waals surface area contributed by atoms with E-state index in [2.05, 4.69) is 31.1 Å². The van der Waals surface area contributed by atoms with Crippen LogP contribution in [-0.4, -0.2) is 30.9 Å². The van der Waals surface area contributed by atoms with E-state index in [-0.39, 0.29) is 5.91 Å². The lowest BCUT2D eigenvalue weighted by atomic mass is 10.2. The first-order chi connectivity index (χ1) is 11.7. The smallest absolute Gasteiger partial charge is 0.222 e. The molecule has 0 aliphatic heterocycles. The molecule has 4 rings (SSSR count). The van der Waals surface area contributed by atoms with E-state index in [9.17, 15) is 4.79 Å². The summed E-state index contributed by atoms with van der Waals surface area (Å²) in [6, 6.07) is 15.0. The zero-order valence-corrected chi connectivity index (χ0v) is 12.8. The fraction of sp³-hybridized carbons (Fsp3) is 0.0625. The van der Waals surface area contributed by atoms with Crippen LogP contribution in [0.4, 0.5) is 17.2 Å². The molecule has 0 saturated heterocycles. The number of anilines is 3. The molecule has 0 atom stereocenters. The Morgan fingerprint density at radius 3 is 2.79 bits per heavy atom. The Balaban J connectivity index is 1.79. The van der Waals surface area contributed by atoms with Gasteiger partial charge >= 0.3 is 0 Å². The Labute approximate surface area is 136 Å². The maximum atomic E-state index is 11.2. The van der Waals surface area contributed by atoms with Crippen LogP contribution < -0.4 is 10.6 Å². The van der Waals surface area contributed by atoms with Crippen LogP contribution in [0, 0.1) is 0 Å². The fourth-order valence-electron chi connectivity index (χ4n) is 2.50. The zero-order chi connectivity index (χ0) is 16.5. The molecule has 0 bridgehead atoms. The van der Waals surface area contributed by atoms with Crippen LogP contribution in [0.5, 0.6) is 0 Å². The van der Waals surface area contributed by atoms with Crippen molar-refractivity contribution < 1.29 is 4.79 Å². The number of carbonyl (C=O) groups is 1. The van der Waals surface area contributed by atoms with Crippen molar-refractivity contribution in [3.63, 3.8) is 0 Å². The molecule has 0 aliphatic carbocycles. The van der Waals surface area contributed by atoms with E-state index in [1.807, 2.05) is 48.5 Å². The van der Waals surface area contributed by atoms with E-state index < -0.39 is 0 Å². The number of tetrazole rings is 1. The minimum Gasteiger partial charge on any atom is -0.337 e. The molecule has 118 valence electrons. The molecule has 8 nitrogen and oxygen atoms in total. The van der Waals surface area contributed by atoms with Gasteiger partial charge in [0.15, 0.2) is 5.82 Å². The van der Waals surface area contributed by atoms with E-state index in [1.165, 1.54) is 6.92 Å². The second-order valence-corrected chi connectivity index (χ2v) is 5.25. The van der Waals surface area contributed by atoms with Crippen molar-refractivity contribution in [2.75, 3.05) is 10.6 Å².